The van der Waals surface area contributed by atoms with E-state index in [1.807, 2.05) is 48.5 Å². The summed E-state index contributed by atoms with van der Waals surface area (Å²) in [5.41, 5.74) is 2.72. The van der Waals surface area contributed by atoms with Crippen LogP contribution >= 0.6 is 0 Å². The van der Waals surface area contributed by atoms with E-state index in [9.17, 15) is 22.8 Å². The molecule has 9 nitrogen and oxygen atoms in total. The van der Waals surface area contributed by atoms with Gasteiger partial charge in [0.05, 0.1) is 17.4 Å². The molecule has 1 atom stereocenters. The third-order valence-corrected chi connectivity index (χ3v) is 8.82. The summed E-state index contributed by atoms with van der Waals surface area (Å²) < 4.78 is 34.0. The summed E-state index contributed by atoms with van der Waals surface area (Å²) in [6, 6.07) is 25.7. The molecule has 4 aromatic carbocycles. The molecule has 5 rings (SSSR count). The molecule has 0 radical (unpaired) electrons. The second-order valence-electron chi connectivity index (χ2n) is 9.76. The predicted octanol–water partition coefficient (Wildman–Crippen LogP) is 4.66. The van der Waals surface area contributed by atoms with E-state index in [2.05, 4.69) is 10.6 Å². The van der Waals surface area contributed by atoms with E-state index in [0.29, 0.717) is 17.8 Å². The minimum Gasteiger partial charge on any atom is -0.456 e. The van der Waals surface area contributed by atoms with Crippen molar-refractivity contribution in [2.24, 2.45) is 0 Å². The van der Waals surface area contributed by atoms with Crippen molar-refractivity contribution in [1.82, 2.24) is 4.31 Å². The fraction of sp³-hybridized carbons (Fsp3) is 0.194. The molecule has 41 heavy (non-hydrogen) atoms. The van der Waals surface area contributed by atoms with Gasteiger partial charge in [0.15, 0.2) is 6.61 Å². The van der Waals surface area contributed by atoms with Gasteiger partial charge < -0.3 is 15.4 Å². The molecule has 0 spiro atoms. The number of carbonyl (C=O) groups is 3. The molecule has 1 aliphatic heterocycles. The fourth-order valence-electron chi connectivity index (χ4n) is 5.00. The number of rotatable bonds is 8. The second-order valence-corrected chi connectivity index (χ2v) is 11.7. The number of ether oxygens (including phenoxy) is 1. The van der Waals surface area contributed by atoms with Crippen LogP contribution in [-0.2, 0) is 35.6 Å². The van der Waals surface area contributed by atoms with Crippen LogP contribution in [0.2, 0.25) is 0 Å². The first-order valence-electron chi connectivity index (χ1n) is 13.1. The quantitative estimate of drug-likeness (QED) is 0.297. The normalized spacial score (nSPS) is 15.1. The third-order valence-electron chi connectivity index (χ3n) is 6.90. The number of nitrogens with zero attached hydrogens (tertiary/aromatic N) is 1. The van der Waals surface area contributed by atoms with Crippen molar-refractivity contribution in [2.75, 3.05) is 23.8 Å². The number of amides is 2. The zero-order valence-corrected chi connectivity index (χ0v) is 23.2. The first-order valence-corrected chi connectivity index (χ1v) is 14.6. The average Bonchev–Trinajstić information content (AvgIpc) is 2.96. The number of hydrogen-bond donors (Lipinski definition) is 2. The molecule has 0 fully saturated rings. The summed E-state index contributed by atoms with van der Waals surface area (Å²) >= 11 is 0. The number of nitrogens with one attached hydrogen (secondary N) is 2. The molecule has 0 bridgehead atoms. The summed E-state index contributed by atoms with van der Waals surface area (Å²) in [6.45, 7) is 1.04. The van der Waals surface area contributed by atoms with Gasteiger partial charge in [0.25, 0.3) is 5.91 Å². The van der Waals surface area contributed by atoms with E-state index in [4.69, 9.17) is 4.74 Å². The summed E-state index contributed by atoms with van der Waals surface area (Å²) in [4.78, 5) is 36.8. The lowest BCUT2D eigenvalue weighted by atomic mass is 9.92. The standard InChI is InChI=1S/C31H29N3O6S/c1-21(35)32-25-12-14-27(15-13-25)41(38,39)34-17-16-23-7-4-5-9-28(23)29(34)19-31(37)40-20-30(36)33-26-11-10-22-6-2-3-8-24(22)18-26/h2-15,18,29H,16-17,19-20H2,1H3,(H,32,35)(H,33,36). The molecule has 2 N–H and O–H groups in total. The zero-order chi connectivity index (χ0) is 29.0. The molecular weight excluding hydrogens is 542 g/mol. The van der Waals surface area contributed by atoms with E-state index < -0.39 is 34.5 Å². The lowest BCUT2D eigenvalue weighted by Gasteiger charge is -2.36. The molecular formula is C31H29N3O6S. The van der Waals surface area contributed by atoms with Crippen LogP contribution in [-0.4, -0.2) is 43.7 Å². The summed E-state index contributed by atoms with van der Waals surface area (Å²) in [5.74, 6) is -1.46. The first-order chi connectivity index (χ1) is 19.7. The molecule has 0 saturated carbocycles. The Kier molecular flexibility index (Phi) is 8.14. The highest BCUT2D eigenvalue weighted by atomic mass is 32.2. The van der Waals surface area contributed by atoms with E-state index >= 15 is 0 Å². The molecule has 0 aliphatic carbocycles. The van der Waals surface area contributed by atoms with Gasteiger partial charge in [0.2, 0.25) is 15.9 Å². The Morgan fingerprint density at radius 1 is 0.854 bits per heavy atom. The summed E-state index contributed by atoms with van der Waals surface area (Å²) in [5, 5.41) is 7.34. The number of sulfonamides is 1. The van der Waals surface area contributed by atoms with Crippen molar-refractivity contribution in [1.29, 1.82) is 0 Å². The number of benzene rings is 4. The Bertz CT molecular complexity index is 1720. The molecule has 1 aliphatic rings. The Labute approximate surface area is 238 Å². The molecule has 4 aromatic rings. The largest absolute Gasteiger partial charge is 0.456 e. The van der Waals surface area contributed by atoms with Gasteiger partial charge in [-0.1, -0.05) is 54.6 Å². The molecule has 1 heterocycles. The van der Waals surface area contributed by atoms with Crippen LogP contribution in [0.25, 0.3) is 10.8 Å². The van der Waals surface area contributed by atoms with E-state index in [1.165, 1.54) is 35.5 Å². The number of carbonyl (C=O) groups excluding carboxylic acids is 3. The van der Waals surface area contributed by atoms with Gasteiger partial charge in [-0.2, -0.15) is 4.31 Å². The van der Waals surface area contributed by atoms with Crippen LogP contribution < -0.4 is 10.6 Å². The van der Waals surface area contributed by atoms with Gasteiger partial charge in [0, 0.05) is 24.8 Å². The summed E-state index contributed by atoms with van der Waals surface area (Å²) in [7, 11) is -4.00. The number of anilines is 2. The van der Waals surface area contributed by atoms with Gasteiger partial charge in [-0.25, -0.2) is 8.42 Å². The smallest absolute Gasteiger partial charge is 0.308 e. The molecule has 10 heteroatoms. The van der Waals surface area contributed by atoms with Crippen LogP contribution in [0.15, 0.2) is 95.9 Å². The lowest BCUT2D eigenvalue weighted by molar-refractivity contribution is -0.148. The van der Waals surface area contributed by atoms with Gasteiger partial charge in [-0.05, 0) is 64.7 Å². The maximum Gasteiger partial charge on any atom is 0.308 e. The molecule has 0 aromatic heterocycles. The SMILES string of the molecule is CC(=O)Nc1ccc(S(=O)(=O)N2CCc3ccccc3C2CC(=O)OCC(=O)Nc2ccc3ccccc3c2)cc1. The number of esters is 1. The predicted molar refractivity (Wildman–Crippen MR) is 156 cm³/mol. The monoisotopic (exact) mass is 571 g/mol. The number of fused-ring (bicyclic) bond motifs is 2. The van der Waals surface area contributed by atoms with Crippen LogP contribution in [0.3, 0.4) is 0 Å². The average molecular weight is 572 g/mol. The van der Waals surface area contributed by atoms with Gasteiger partial charge in [-0.15, -0.1) is 0 Å². The minimum atomic E-state index is -4.00. The molecule has 1 unspecified atom stereocenters. The van der Waals surface area contributed by atoms with Gasteiger partial charge >= 0.3 is 5.97 Å². The van der Waals surface area contributed by atoms with Crippen molar-refractivity contribution in [3.8, 4) is 0 Å². The Hall–Kier alpha value is -4.54. The molecule has 0 saturated heterocycles. The highest BCUT2D eigenvalue weighted by molar-refractivity contribution is 7.89. The van der Waals surface area contributed by atoms with E-state index in [-0.39, 0.29) is 23.8 Å². The number of hydrogen-bond acceptors (Lipinski definition) is 6. The van der Waals surface area contributed by atoms with Crippen molar-refractivity contribution in [2.45, 2.75) is 30.7 Å². The van der Waals surface area contributed by atoms with Crippen LogP contribution in [0, 0.1) is 0 Å². The molecule has 210 valence electrons. The highest BCUT2D eigenvalue weighted by Crippen LogP contribution is 2.36. The van der Waals surface area contributed by atoms with Crippen LogP contribution in [0.4, 0.5) is 11.4 Å². The van der Waals surface area contributed by atoms with Crippen molar-refractivity contribution in [3.63, 3.8) is 0 Å². The second kappa shape index (κ2) is 11.9. The third kappa shape index (κ3) is 6.45. The topological polar surface area (TPSA) is 122 Å². The highest BCUT2D eigenvalue weighted by Gasteiger charge is 2.38. The van der Waals surface area contributed by atoms with E-state index in [0.717, 1.165) is 21.9 Å². The maximum atomic E-state index is 13.7. The van der Waals surface area contributed by atoms with Crippen molar-refractivity contribution < 1.29 is 27.5 Å². The Morgan fingerprint density at radius 3 is 2.29 bits per heavy atom. The van der Waals surface area contributed by atoms with Crippen LogP contribution in [0.5, 0.6) is 0 Å². The molecule has 2 amide bonds. The zero-order valence-electron chi connectivity index (χ0n) is 22.4. The Balaban J connectivity index is 1.29. The van der Waals surface area contributed by atoms with E-state index in [1.54, 1.807) is 18.2 Å². The first kappa shape index (κ1) is 28.0. The van der Waals surface area contributed by atoms with Gasteiger partial charge in [0.1, 0.15) is 0 Å². The minimum absolute atomic E-state index is 0.0408. The van der Waals surface area contributed by atoms with Crippen molar-refractivity contribution >= 4 is 50.0 Å². The van der Waals surface area contributed by atoms with Crippen LogP contribution in [0.1, 0.15) is 30.5 Å². The maximum absolute atomic E-state index is 13.7. The fourth-order valence-corrected chi connectivity index (χ4v) is 6.61. The van der Waals surface area contributed by atoms with Crippen molar-refractivity contribution in [3.05, 3.63) is 102 Å². The summed E-state index contributed by atoms with van der Waals surface area (Å²) in [6.07, 6.45) is 0.225. The lowest BCUT2D eigenvalue weighted by Crippen LogP contribution is -2.41. The van der Waals surface area contributed by atoms with Gasteiger partial charge in [-0.3, -0.25) is 14.4 Å². The Morgan fingerprint density at radius 2 is 1.54 bits per heavy atom.